The molecule has 0 radical (unpaired) electrons. The lowest BCUT2D eigenvalue weighted by Crippen LogP contribution is -2.25. The molecule has 1 unspecified atom stereocenters. The molecular formula is C27H29N3O6. The van der Waals surface area contributed by atoms with Crippen molar-refractivity contribution in [2.75, 3.05) is 25.6 Å². The maximum atomic E-state index is 12.7. The number of carbonyl (C=O) groups is 2. The summed E-state index contributed by atoms with van der Waals surface area (Å²) >= 11 is 0. The molecule has 3 rings (SSSR count). The van der Waals surface area contributed by atoms with Gasteiger partial charge in [-0.15, -0.1) is 0 Å². The fourth-order valence-electron chi connectivity index (χ4n) is 3.83. The van der Waals surface area contributed by atoms with Gasteiger partial charge in [0, 0.05) is 5.69 Å². The summed E-state index contributed by atoms with van der Waals surface area (Å²) in [7, 11) is 1.45. The van der Waals surface area contributed by atoms with E-state index in [9.17, 15) is 14.9 Å². The number of nitrogens with two attached hydrogens (primary N) is 1. The molecule has 0 bridgehead atoms. The van der Waals surface area contributed by atoms with E-state index in [4.69, 9.17) is 24.7 Å². The molecule has 0 saturated carbocycles. The predicted molar refractivity (Wildman–Crippen MR) is 133 cm³/mol. The van der Waals surface area contributed by atoms with E-state index < -0.39 is 11.9 Å². The Morgan fingerprint density at radius 3 is 2.50 bits per heavy atom. The Balaban J connectivity index is 1.85. The van der Waals surface area contributed by atoms with Gasteiger partial charge in [-0.1, -0.05) is 12.1 Å². The number of allylic oxidation sites excluding steroid dienone is 2. The van der Waals surface area contributed by atoms with Crippen LogP contribution in [0, 0.1) is 25.2 Å². The van der Waals surface area contributed by atoms with Crippen LogP contribution < -0.4 is 20.5 Å². The number of benzene rings is 2. The van der Waals surface area contributed by atoms with Gasteiger partial charge < -0.3 is 30.0 Å². The number of nitriles is 1. The number of carbonyl (C=O) groups excluding carboxylic acids is 2. The van der Waals surface area contributed by atoms with Crippen LogP contribution in [0.2, 0.25) is 0 Å². The van der Waals surface area contributed by atoms with E-state index in [-0.39, 0.29) is 41.9 Å². The number of nitrogens with one attached hydrogen (secondary N) is 1. The molecule has 0 saturated heterocycles. The van der Waals surface area contributed by atoms with Crippen molar-refractivity contribution in [2.45, 2.75) is 33.6 Å². The summed E-state index contributed by atoms with van der Waals surface area (Å²) < 4.78 is 21.8. The van der Waals surface area contributed by atoms with E-state index in [2.05, 4.69) is 5.32 Å². The topological polar surface area (TPSA) is 133 Å². The van der Waals surface area contributed by atoms with Crippen molar-refractivity contribution in [3.05, 3.63) is 75.9 Å². The van der Waals surface area contributed by atoms with Crippen LogP contribution in [0.3, 0.4) is 0 Å². The molecule has 3 N–H and O–H groups in total. The van der Waals surface area contributed by atoms with Gasteiger partial charge in [0.25, 0.3) is 5.91 Å². The van der Waals surface area contributed by atoms with E-state index in [1.165, 1.54) is 7.11 Å². The Kier molecular flexibility index (Phi) is 8.22. The van der Waals surface area contributed by atoms with Crippen LogP contribution in [-0.4, -0.2) is 32.2 Å². The number of hydrogen-bond donors (Lipinski definition) is 2. The SMILES string of the molecule is CCOC(=O)C1=C(C)OC(N)=C(C#N)C1c1ccc(OCC(=O)Nc2ccc(C)c(C)c2)c(OC)c1. The van der Waals surface area contributed by atoms with Crippen molar-refractivity contribution in [1.29, 1.82) is 5.26 Å². The van der Waals surface area contributed by atoms with Crippen LogP contribution in [0.4, 0.5) is 5.69 Å². The van der Waals surface area contributed by atoms with E-state index >= 15 is 0 Å². The van der Waals surface area contributed by atoms with Gasteiger partial charge in [-0.3, -0.25) is 4.79 Å². The normalized spacial score (nSPS) is 15.1. The summed E-state index contributed by atoms with van der Waals surface area (Å²) in [6.45, 7) is 7.15. The number of methoxy groups -OCH3 is 1. The molecule has 1 amide bonds. The summed E-state index contributed by atoms with van der Waals surface area (Å²) in [6.07, 6.45) is 0. The van der Waals surface area contributed by atoms with E-state index in [0.29, 0.717) is 22.7 Å². The Bertz CT molecular complexity index is 1290. The molecule has 1 aliphatic heterocycles. The zero-order valence-electron chi connectivity index (χ0n) is 20.9. The van der Waals surface area contributed by atoms with Gasteiger partial charge in [-0.2, -0.15) is 5.26 Å². The molecule has 2 aromatic carbocycles. The van der Waals surface area contributed by atoms with Crippen molar-refractivity contribution in [1.82, 2.24) is 0 Å². The third-order valence-corrected chi connectivity index (χ3v) is 5.77. The molecule has 0 aromatic heterocycles. The van der Waals surface area contributed by atoms with Crippen molar-refractivity contribution >= 4 is 17.6 Å². The fourth-order valence-corrected chi connectivity index (χ4v) is 3.83. The quantitative estimate of drug-likeness (QED) is 0.530. The molecule has 1 heterocycles. The molecule has 36 heavy (non-hydrogen) atoms. The number of rotatable bonds is 8. The monoisotopic (exact) mass is 491 g/mol. The largest absolute Gasteiger partial charge is 0.493 e. The molecule has 0 fully saturated rings. The maximum absolute atomic E-state index is 12.7. The highest BCUT2D eigenvalue weighted by Crippen LogP contribution is 2.42. The lowest BCUT2D eigenvalue weighted by Gasteiger charge is -2.27. The first kappa shape index (κ1) is 26.2. The second kappa shape index (κ2) is 11.3. The number of amides is 1. The highest BCUT2D eigenvalue weighted by atomic mass is 16.5. The third kappa shape index (κ3) is 5.61. The van der Waals surface area contributed by atoms with Crippen molar-refractivity contribution in [3.8, 4) is 17.6 Å². The highest BCUT2D eigenvalue weighted by molar-refractivity contribution is 5.93. The van der Waals surface area contributed by atoms with E-state index in [1.54, 1.807) is 32.0 Å². The number of ether oxygens (including phenoxy) is 4. The number of hydrogen-bond acceptors (Lipinski definition) is 8. The van der Waals surface area contributed by atoms with Crippen molar-refractivity contribution in [2.24, 2.45) is 5.73 Å². The predicted octanol–water partition coefficient (Wildman–Crippen LogP) is 3.97. The summed E-state index contributed by atoms with van der Waals surface area (Å²) in [5.74, 6) is -0.972. The summed E-state index contributed by atoms with van der Waals surface area (Å²) in [6, 6.07) is 12.6. The second-order valence-electron chi connectivity index (χ2n) is 8.16. The Labute approximate surface area is 210 Å². The number of nitrogens with zero attached hydrogens (tertiary/aromatic N) is 1. The molecule has 188 valence electrons. The molecule has 9 heteroatoms. The van der Waals surface area contributed by atoms with Gasteiger partial charge in [-0.05, 0) is 68.7 Å². The molecular weight excluding hydrogens is 462 g/mol. The first-order valence-corrected chi connectivity index (χ1v) is 11.3. The van der Waals surface area contributed by atoms with Gasteiger partial charge in [0.15, 0.2) is 18.1 Å². The Hall–Kier alpha value is -4.45. The fraction of sp³-hybridized carbons (Fsp3) is 0.296. The van der Waals surface area contributed by atoms with Gasteiger partial charge in [-0.25, -0.2) is 4.79 Å². The number of anilines is 1. The summed E-state index contributed by atoms with van der Waals surface area (Å²) in [4.78, 5) is 25.1. The van der Waals surface area contributed by atoms with Gasteiger partial charge in [0.05, 0.1) is 25.2 Å². The van der Waals surface area contributed by atoms with Crippen molar-refractivity contribution < 1.29 is 28.5 Å². The van der Waals surface area contributed by atoms with E-state index in [1.807, 2.05) is 38.1 Å². The molecule has 1 aliphatic rings. The standard InChI is InChI=1S/C27H29N3O6/c1-6-34-27(32)24-17(4)36-26(29)20(13-28)25(24)18-8-10-21(22(12-18)33-5)35-14-23(31)30-19-9-7-15(2)16(3)11-19/h7-12,25H,6,14,29H2,1-5H3,(H,30,31). The van der Waals surface area contributed by atoms with Crippen LogP contribution in [0.1, 0.15) is 36.5 Å². The molecule has 1 atom stereocenters. The molecule has 2 aromatic rings. The van der Waals surface area contributed by atoms with E-state index in [0.717, 1.165) is 11.1 Å². The van der Waals surface area contributed by atoms with Crippen LogP contribution in [-0.2, 0) is 19.1 Å². The Morgan fingerprint density at radius 2 is 1.86 bits per heavy atom. The van der Waals surface area contributed by atoms with Crippen LogP contribution in [0.5, 0.6) is 11.5 Å². The number of esters is 1. The average molecular weight is 492 g/mol. The second-order valence-corrected chi connectivity index (χ2v) is 8.16. The van der Waals surface area contributed by atoms with Gasteiger partial charge >= 0.3 is 5.97 Å². The first-order valence-electron chi connectivity index (χ1n) is 11.3. The summed E-state index contributed by atoms with van der Waals surface area (Å²) in [5, 5.41) is 12.5. The van der Waals surface area contributed by atoms with Crippen LogP contribution in [0.15, 0.2) is 59.2 Å². The lowest BCUT2D eigenvalue weighted by molar-refractivity contribution is -0.139. The highest BCUT2D eigenvalue weighted by Gasteiger charge is 2.36. The average Bonchev–Trinajstić information content (AvgIpc) is 2.84. The molecule has 0 aliphatic carbocycles. The minimum atomic E-state index is -0.821. The lowest BCUT2D eigenvalue weighted by atomic mass is 9.83. The zero-order valence-corrected chi connectivity index (χ0v) is 20.9. The minimum Gasteiger partial charge on any atom is -0.493 e. The van der Waals surface area contributed by atoms with Gasteiger partial charge in [0.2, 0.25) is 5.88 Å². The van der Waals surface area contributed by atoms with Crippen LogP contribution >= 0.6 is 0 Å². The first-order chi connectivity index (χ1) is 17.2. The summed E-state index contributed by atoms with van der Waals surface area (Å²) in [5.41, 5.74) is 9.62. The zero-order chi connectivity index (χ0) is 26.4. The molecule has 9 nitrogen and oxygen atoms in total. The smallest absolute Gasteiger partial charge is 0.338 e. The third-order valence-electron chi connectivity index (χ3n) is 5.77. The maximum Gasteiger partial charge on any atom is 0.338 e. The van der Waals surface area contributed by atoms with Gasteiger partial charge in [0.1, 0.15) is 17.4 Å². The Morgan fingerprint density at radius 1 is 1.11 bits per heavy atom. The van der Waals surface area contributed by atoms with Crippen molar-refractivity contribution in [3.63, 3.8) is 0 Å². The number of aryl methyl sites for hydroxylation is 2. The molecule has 0 spiro atoms. The van der Waals surface area contributed by atoms with Crippen LogP contribution in [0.25, 0.3) is 0 Å². The minimum absolute atomic E-state index is 0.0761.